The molecule has 0 aliphatic carbocycles. The van der Waals surface area contributed by atoms with Gasteiger partial charge in [-0.25, -0.2) is 13.1 Å². The quantitative estimate of drug-likeness (QED) is 0.873. The zero-order valence-electron chi connectivity index (χ0n) is 12.1. The molecule has 0 atom stereocenters. The minimum absolute atomic E-state index is 0.289. The second-order valence-electron chi connectivity index (χ2n) is 4.86. The lowest BCUT2D eigenvalue weighted by molar-refractivity contribution is 0.581. The molecule has 2 aromatic carbocycles. The summed E-state index contributed by atoms with van der Waals surface area (Å²) >= 11 is 3.38. The fourth-order valence-corrected chi connectivity index (χ4v) is 3.45. The van der Waals surface area contributed by atoms with Crippen LogP contribution in [-0.2, 0) is 23.0 Å². The van der Waals surface area contributed by atoms with Crippen molar-refractivity contribution in [1.82, 2.24) is 4.72 Å². The van der Waals surface area contributed by atoms with Crippen LogP contribution in [0, 0.1) is 6.92 Å². The molecule has 0 radical (unpaired) electrons. The van der Waals surface area contributed by atoms with E-state index in [4.69, 9.17) is 0 Å². The summed E-state index contributed by atoms with van der Waals surface area (Å²) in [6.45, 7) is 4.24. The summed E-state index contributed by atoms with van der Waals surface area (Å²) in [7, 11) is -3.49. The molecule has 0 heterocycles. The Bertz CT molecular complexity index is 742. The number of hydrogen-bond acceptors (Lipinski definition) is 2. The molecule has 0 spiro atoms. The molecule has 0 unspecified atom stereocenters. The lowest BCUT2D eigenvalue weighted by atomic mass is 10.1. The van der Waals surface area contributed by atoms with Crippen LogP contribution in [0.3, 0.4) is 0 Å². The fourth-order valence-electron chi connectivity index (χ4n) is 2.12. The molecule has 0 bridgehead atoms. The minimum Gasteiger partial charge on any atom is -0.207 e. The van der Waals surface area contributed by atoms with Crippen LogP contribution in [0.15, 0.2) is 51.8 Å². The van der Waals surface area contributed by atoms with Crippen molar-refractivity contribution in [2.45, 2.75) is 31.7 Å². The monoisotopic (exact) mass is 367 g/mol. The van der Waals surface area contributed by atoms with Gasteiger partial charge in [0.05, 0.1) is 4.90 Å². The van der Waals surface area contributed by atoms with Gasteiger partial charge in [0.2, 0.25) is 10.0 Å². The molecule has 0 fully saturated rings. The molecular weight excluding hydrogens is 350 g/mol. The van der Waals surface area contributed by atoms with Crippen LogP contribution >= 0.6 is 15.9 Å². The highest BCUT2D eigenvalue weighted by molar-refractivity contribution is 9.10. The molecule has 0 aromatic heterocycles. The van der Waals surface area contributed by atoms with Gasteiger partial charge in [-0.2, -0.15) is 0 Å². The molecule has 0 aliphatic heterocycles. The zero-order chi connectivity index (χ0) is 15.5. The van der Waals surface area contributed by atoms with E-state index in [-0.39, 0.29) is 4.90 Å². The molecule has 0 amide bonds. The molecule has 0 aliphatic rings. The van der Waals surface area contributed by atoms with Gasteiger partial charge in [0.1, 0.15) is 0 Å². The average Bonchev–Trinajstić information content (AvgIpc) is 2.48. The summed E-state index contributed by atoms with van der Waals surface area (Å²) < 4.78 is 28.3. The topological polar surface area (TPSA) is 46.2 Å². The maximum atomic E-state index is 12.3. The predicted octanol–water partition coefficient (Wildman–Crippen LogP) is 3.80. The lowest BCUT2D eigenvalue weighted by Crippen LogP contribution is -2.23. The Hall–Kier alpha value is -1.17. The Morgan fingerprint density at radius 3 is 2.38 bits per heavy atom. The number of nitrogens with one attached hydrogen (secondary N) is 1. The third-order valence-electron chi connectivity index (χ3n) is 3.39. The lowest BCUT2D eigenvalue weighted by Gasteiger charge is -2.11. The summed E-state index contributed by atoms with van der Waals surface area (Å²) in [6.07, 6.45) is 0.884. The van der Waals surface area contributed by atoms with Crippen LogP contribution in [0.25, 0.3) is 0 Å². The first-order valence-electron chi connectivity index (χ1n) is 6.76. The molecule has 5 heteroatoms. The molecule has 0 saturated heterocycles. The Balaban J connectivity index is 2.20. The van der Waals surface area contributed by atoms with E-state index in [0.29, 0.717) is 6.54 Å². The van der Waals surface area contributed by atoms with E-state index in [1.807, 2.05) is 31.2 Å². The van der Waals surface area contributed by atoms with E-state index in [1.165, 1.54) is 0 Å². The Morgan fingerprint density at radius 1 is 1.10 bits per heavy atom. The molecule has 2 aromatic rings. The minimum atomic E-state index is -3.49. The summed E-state index contributed by atoms with van der Waals surface area (Å²) in [6, 6.07) is 12.9. The van der Waals surface area contributed by atoms with Crippen molar-refractivity contribution < 1.29 is 8.42 Å². The molecule has 2 rings (SSSR count). The van der Waals surface area contributed by atoms with Crippen LogP contribution in [-0.4, -0.2) is 8.42 Å². The molecule has 21 heavy (non-hydrogen) atoms. The van der Waals surface area contributed by atoms with Gasteiger partial charge in [0.25, 0.3) is 0 Å². The van der Waals surface area contributed by atoms with Crippen LogP contribution in [0.1, 0.15) is 23.6 Å². The maximum Gasteiger partial charge on any atom is 0.240 e. The van der Waals surface area contributed by atoms with Gasteiger partial charge in [-0.1, -0.05) is 47.1 Å². The van der Waals surface area contributed by atoms with E-state index in [0.717, 1.165) is 27.6 Å². The van der Waals surface area contributed by atoms with Gasteiger partial charge in [0.15, 0.2) is 0 Å². The van der Waals surface area contributed by atoms with Crippen LogP contribution in [0.5, 0.6) is 0 Å². The highest BCUT2D eigenvalue weighted by Crippen LogP contribution is 2.20. The molecule has 1 N–H and O–H groups in total. The Labute approximate surface area is 134 Å². The smallest absolute Gasteiger partial charge is 0.207 e. The second-order valence-corrected chi connectivity index (χ2v) is 7.48. The summed E-state index contributed by atoms with van der Waals surface area (Å²) in [5.41, 5.74) is 3.07. The summed E-state index contributed by atoms with van der Waals surface area (Å²) in [4.78, 5) is 0.289. The molecular formula is C16H18BrNO2S. The maximum absolute atomic E-state index is 12.3. The number of hydrogen-bond donors (Lipinski definition) is 1. The standard InChI is InChI=1S/C16H18BrNO2S/c1-3-13-6-4-5-7-14(13)11-18-21(19,20)15-8-9-16(17)12(2)10-15/h4-10,18H,3,11H2,1-2H3. The predicted molar refractivity (Wildman–Crippen MR) is 88.7 cm³/mol. The first-order chi connectivity index (χ1) is 9.94. The van der Waals surface area contributed by atoms with E-state index < -0.39 is 10.0 Å². The second kappa shape index (κ2) is 6.73. The van der Waals surface area contributed by atoms with Gasteiger partial charge in [-0.15, -0.1) is 0 Å². The number of halogens is 1. The van der Waals surface area contributed by atoms with E-state index in [2.05, 4.69) is 27.6 Å². The van der Waals surface area contributed by atoms with Gasteiger partial charge in [-0.3, -0.25) is 0 Å². The van der Waals surface area contributed by atoms with Crippen LogP contribution < -0.4 is 4.72 Å². The van der Waals surface area contributed by atoms with E-state index in [1.54, 1.807) is 18.2 Å². The van der Waals surface area contributed by atoms with Crippen molar-refractivity contribution in [2.24, 2.45) is 0 Å². The van der Waals surface area contributed by atoms with Crippen molar-refractivity contribution in [3.8, 4) is 0 Å². The Morgan fingerprint density at radius 2 is 1.76 bits per heavy atom. The van der Waals surface area contributed by atoms with Gasteiger partial charge >= 0.3 is 0 Å². The number of aryl methyl sites for hydroxylation is 2. The first-order valence-corrected chi connectivity index (χ1v) is 9.04. The van der Waals surface area contributed by atoms with Gasteiger partial charge < -0.3 is 0 Å². The van der Waals surface area contributed by atoms with Crippen LogP contribution in [0.4, 0.5) is 0 Å². The van der Waals surface area contributed by atoms with E-state index >= 15 is 0 Å². The largest absolute Gasteiger partial charge is 0.240 e. The van der Waals surface area contributed by atoms with Crippen LogP contribution in [0.2, 0.25) is 0 Å². The summed E-state index contributed by atoms with van der Waals surface area (Å²) in [5, 5.41) is 0. The number of sulfonamides is 1. The molecule has 3 nitrogen and oxygen atoms in total. The van der Waals surface area contributed by atoms with E-state index in [9.17, 15) is 8.42 Å². The van der Waals surface area contributed by atoms with Gasteiger partial charge in [-0.05, 0) is 48.2 Å². The first kappa shape index (κ1) is 16.2. The van der Waals surface area contributed by atoms with Crippen molar-refractivity contribution in [2.75, 3.05) is 0 Å². The zero-order valence-corrected chi connectivity index (χ0v) is 14.5. The third-order valence-corrected chi connectivity index (χ3v) is 5.68. The Kier molecular flexibility index (Phi) is 5.19. The number of rotatable bonds is 5. The van der Waals surface area contributed by atoms with Crippen molar-refractivity contribution in [3.05, 3.63) is 63.6 Å². The average molecular weight is 368 g/mol. The highest BCUT2D eigenvalue weighted by Gasteiger charge is 2.15. The van der Waals surface area contributed by atoms with Crippen molar-refractivity contribution >= 4 is 26.0 Å². The SMILES string of the molecule is CCc1ccccc1CNS(=O)(=O)c1ccc(Br)c(C)c1. The molecule has 112 valence electrons. The fraction of sp³-hybridized carbons (Fsp3) is 0.250. The van der Waals surface area contributed by atoms with Gasteiger partial charge in [0, 0.05) is 11.0 Å². The third kappa shape index (κ3) is 3.93. The number of benzene rings is 2. The van der Waals surface area contributed by atoms with Crippen molar-refractivity contribution in [1.29, 1.82) is 0 Å². The van der Waals surface area contributed by atoms with Crippen molar-refractivity contribution in [3.63, 3.8) is 0 Å². The normalized spacial score (nSPS) is 11.6. The molecule has 0 saturated carbocycles. The summed E-state index contributed by atoms with van der Waals surface area (Å²) in [5.74, 6) is 0. The highest BCUT2D eigenvalue weighted by atomic mass is 79.9.